The van der Waals surface area contributed by atoms with E-state index in [-0.39, 0.29) is 10.9 Å². The number of likely N-dealkylation sites (tertiary alicyclic amines) is 1. The summed E-state index contributed by atoms with van der Waals surface area (Å²) < 4.78 is 27.8. The minimum Gasteiger partial charge on any atom is -0.304 e. The smallest absolute Gasteiger partial charge is 0.241 e. The molecule has 1 aromatic rings. The highest BCUT2D eigenvalue weighted by molar-refractivity contribution is 7.89. The largest absolute Gasteiger partial charge is 0.304 e. The summed E-state index contributed by atoms with van der Waals surface area (Å²) in [6, 6.07) is 7.01. The number of nitrogens with zero attached hydrogens (tertiary/aromatic N) is 2. The SMILES string of the molecule is Cc1cc(C#N)ccc1S(=O)(=O)NC1CCN(C)C(C)C1. The lowest BCUT2D eigenvalue weighted by Gasteiger charge is -2.35. The lowest BCUT2D eigenvalue weighted by atomic mass is 10.0. The normalized spacial score (nSPS) is 23.7. The van der Waals surface area contributed by atoms with Crippen LogP contribution in [0.2, 0.25) is 0 Å². The summed E-state index contributed by atoms with van der Waals surface area (Å²) in [4.78, 5) is 2.49. The average molecular weight is 307 g/mol. The first-order valence-corrected chi connectivity index (χ1v) is 8.55. The molecule has 2 rings (SSSR count). The van der Waals surface area contributed by atoms with Crippen molar-refractivity contribution in [2.24, 2.45) is 0 Å². The Morgan fingerprint density at radius 1 is 1.43 bits per heavy atom. The third kappa shape index (κ3) is 3.62. The van der Waals surface area contributed by atoms with Crippen molar-refractivity contribution < 1.29 is 8.42 Å². The molecule has 1 aliphatic rings. The van der Waals surface area contributed by atoms with Gasteiger partial charge < -0.3 is 4.90 Å². The Bertz CT molecular complexity index is 664. The van der Waals surface area contributed by atoms with Crippen molar-refractivity contribution in [3.8, 4) is 6.07 Å². The molecule has 5 nitrogen and oxygen atoms in total. The van der Waals surface area contributed by atoms with Gasteiger partial charge in [-0.3, -0.25) is 0 Å². The first-order valence-electron chi connectivity index (χ1n) is 7.07. The Kier molecular flexibility index (Phi) is 4.67. The van der Waals surface area contributed by atoms with Crippen LogP contribution in [-0.2, 0) is 10.0 Å². The molecule has 1 saturated heterocycles. The van der Waals surface area contributed by atoms with Gasteiger partial charge in [-0.25, -0.2) is 13.1 Å². The van der Waals surface area contributed by atoms with E-state index >= 15 is 0 Å². The van der Waals surface area contributed by atoms with E-state index in [9.17, 15) is 8.42 Å². The molecule has 21 heavy (non-hydrogen) atoms. The summed E-state index contributed by atoms with van der Waals surface area (Å²) >= 11 is 0. The van der Waals surface area contributed by atoms with Crippen molar-refractivity contribution in [3.63, 3.8) is 0 Å². The number of piperidine rings is 1. The minimum absolute atomic E-state index is 0.0313. The number of nitrogens with one attached hydrogen (secondary N) is 1. The van der Waals surface area contributed by atoms with Crippen LogP contribution in [0.15, 0.2) is 23.1 Å². The van der Waals surface area contributed by atoms with Gasteiger partial charge in [0.05, 0.1) is 16.5 Å². The monoisotopic (exact) mass is 307 g/mol. The Morgan fingerprint density at radius 3 is 2.71 bits per heavy atom. The number of hydrogen-bond donors (Lipinski definition) is 1. The third-order valence-electron chi connectivity index (χ3n) is 4.12. The lowest BCUT2D eigenvalue weighted by Crippen LogP contribution is -2.47. The van der Waals surface area contributed by atoms with Gasteiger partial charge in [0.1, 0.15) is 0 Å². The van der Waals surface area contributed by atoms with Crippen molar-refractivity contribution in [1.29, 1.82) is 5.26 Å². The first kappa shape index (κ1) is 16.0. The molecular weight excluding hydrogens is 286 g/mol. The Morgan fingerprint density at radius 2 is 2.14 bits per heavy atom. The highest BCUT2D eigenvalue weighted by Crippen LogP contribution is 2.20. The lowest BCUT2D eigenvalue weighted by molar-refractivity contribution is 0.178. The van der Waals surface area contributed by atoms with E-state index in [1.165, 1.54) is 6.07 Å². The second kappa shape index (κ2) is 6.14. The van der Waals surface area contributed by atoms with Crippen LogP contribution in [0.5, 0.6) is 0 Å². The molecule has 1 fully saturated rings. The second-order valence-corrected chi connectivity index (χ2v) is 7.45. The van der Waals surface area contributed by atoms with E-state index in [2.05, 4.69) is 23.6 Å². The molecule has 6 heteroatoms. The van der Waals surface area contributed by atoms with Crippen LogP contribution in [0.1, 0.15) is 30.9 Å². The van der Waals surface area contributed by atoms with Crippen molar-refractivity contribution in [1.82, 2.24) is 9.62 Å². The van der Waals surface area contributed by atoms with Crippen molar-refractivity contribution >= 4 is 10.0 Å². The molecular formula is C15H21N3O2S. The third-order valence-corrected chi connectivity index (χ3v) is 5.80. The molecule has 0 amide bonds. The quantitative estimate of drug-likeness (QED) is 0.921. The number of rotatable bonds is 3. The zero-order valence-electron chi connectivity index (χ0n) is 12.6. The summed E-state index contributed by atoms with van der Waals surface area (Å²) in [5, 5.41) is 8.85. The number of sulfonamides is 1. The van der Waals surface area contributed by atoms with E-state index in [4.69, 9.17) is 5.26 Å². The summed E-state index contributed by atoms with van der Waals surface area (Å²) in [6.07, 6.45) is 1.63. The Balaban J connectivity index is 2.18. The van der Waals surface area contributed by atoms with Crippen molar-refractivity contribution in [2.45, 2.75) is 43.7 Å². The molecule has 1 aromatic carbocycles. The predicted octanol–water partition coefficient (Wildman–Crippen LogP) is 1.63. The summed E-state index contributed by atoms with van der Waals surface area (Å²) in [7, 11) is -1.48. The van der Waals surface area contributed by atoms with E-state index < -0.39 is 10.0 Å². The van der Waals surface area contributed by atoms with Crippen LogP contribution in [-0.4, -0.2) is 39.0 Å². The van der Waals surface area contributed by atoms with E-state index in [0.29, 0.717) is 17.2 Å². The molecule has 0 radical (unpaired) electrons. The maximum absolute atomic E-state index is 12.5. The van der Waals surface area contributed by atoms with Crippen molar-refractivity contribution in [3.05, 3.63) is 29.3 Å². The fraction of sp³-hybridized carbons (Fsp3) is 0.533. The maximum atomic E-state index is 12.5. The second-order valence-electron chi connectivity index (χ2n) is 5.76. The number of benzene rings is 1. The highest BCUT2D eigenvalue weighted by atomic mass is 32.2. The molecule has 1 heterocycles. The zero-order valence-corrected chi connectivity index (χ0v) is 13.4. The molecule has 114 valence electrons. The fourth-order valence-corrected chi connectivity index (χ4v) is 4.21. The van der Waals surface area contributed by atoms with Gasteiger partial charge in [-0.05, 0) is 64.0 Å². The number of nitriles is 1. The van der Waals surface area contributed by atoms with Crippen LogP contribution in [0.25, 0.3) is 0 Å². The first-order chi connectivity index (χ1) is 9.83. The minimum atomic E-state index is -3.53. The highest BCUT2D eigenvalue weighted by Gasteiger charge is 2.27. The Labute approximate surface area is 126 Å². The zero-order chi connectivity index (χ0) is 15.6. The van der Waals surface area contributed by atoms with Crippen LogP contribution >= 0.6 is 0 Å². The molecule has 0 aliphatic carbocycles. The van der Waals surface area contributed by atoms with Crippen LogP contribution in [0, 0.1) is 18.3 Å². The van der Waals surface area contributed by atoms with Gasteiger partial charge in [0.15, 0.2) is 0 Å². The molecule has 0 spiro atoms. The number of hydrogen-bond acceptors (Lipinski definition) is 4. The molecule has 1 aliphatic heterocycles. The molecule has 2 unspecified atom stereocenters. The van der Waals surface area contributed by atoms with E-state index in [1.54, 1.807) is 19.1 Å². The van der Waals surface area contributed by atoms with Gasteiger partial charge in [0.2, 0.25) is 10.0 Å². The van der Waals surface area contributed by atoms with Gasteiger partial charge in [0, 0.05) is 12.1 Å². The molecule has 2 atom stereocenters. The summed E-state index contributed by atoms with van der Waals surface area (Å²) in [5.74, 6) is 0. The van der Waals surface area contributed by atoms with Crippen LogP contribution in [0.4, 0.5) is 0 Å². The van der Waals surface area contributed by atoms with Gasteiger partial charge in [-0.15, -0.1) is 0 Å². The van der Waals surface area contributed by atoms with Crippen molar-refractivity contribution in [2.75, 3.05) is 13.6 Å². The van der Waals surface area contributed by atoms with Crippen LogP contribution < -0.4 is 4.72 Å². The standard InChI is InChI=1S/C15H21N3O2S/c1-11-8-13(10-16)4-5-15(11)21(19,20)17-14-6-7-18(3)12(2)9-14/h4-5,8,12,14,17H,6-7,9H2,1-3H3. The Hall–Kier alpha value is -1.42. The number of aryl methyl sites for hydroxylation is 1. The van der Waals surface area contributed by atoms with E-state index in [0.717, 1.165) is 19.4 Å². The van der Waals surface area contributed by atoms with Gasteiger partial charge in [0.25, 0.3) is 0 Å². The summed E-state index contributed by atoms with van der Waals surface area (Å²) in [5.41, 5.74) is 1.07. The van der Waals surface area contributed by atoms with Gasteiger partial charge in [-0.1, -0.05) is 0 Å². The topological polar surface area (TPSA) is 73.2 Å². The molecule has 0 aromatic heterocycles. The summed E-state index contributed by atoms with van der Waals surface area (Å²) in [6.45, 7) is 4.71. The van der Waals surface area contributed by atoms with Gasteiger partial charge in [-0.2, -0.15) is 5.26 Å². The molecule has 1 N–H and O–H groups in total. The molecule has 0 bridgehead atoms. The fourth-order valence-electron chi connectivity index (χ4n) is 2.70. The predicted molar refractivity (Wildman–Crippen MR) is 81.3 cm³/mol. The maximum Gasteiger partial charge on any atom is 0.241 e. The average Bonchev–Trinajstić information content (AvgIpc) is 2.42. The van der Waals surface area contributed by atoms with Crippen LogP contribution in [0.3, 0.4) is 0 Å². The van der Waals surface area contributed by atoms with E-state index in [1.807, 2.05) is 6.07 Å². The molecule has 0 saturated carbocycles. The van der Waals surface area contributed by atoms with Gasteiger partial charge >= 0.3 is 0 Å².